The lowest BCUT2D eigenvalue weighted by molar-refractivity contribution is 0.206. The zero-order valence-corrected chi connectivity index (χ0v) is 12.0. The molecule has 5 heteroatoms. The van der Waals surface area contributed by atoms with Crippen LogP contribution in [0, 0.1) is 0 Å². The van der Waals surface area contributed by atoms with E-state index in [4.69, 9.17) is 4.74 Å². The Bertz CT molecular complexity index is 539. The Kier molecular flexibility index (Phi) is 5.12. The Balaban J connectivity index is 2.19. The van der Waals surface area contributed by atoms with E-state index in [-0.39, 0.29) is 0 Å². The van der Waals surface area contributed by atoms with Crippen molar-refractivity contribution in [2.75, 3.05) is 6.61 Å². The van der Waals surface area contributed by atoms with Crippen molar-refractivity contribution in [3.05, 3.63) is 41.7 Å². The van der Waals surface area contributed by atoms with Crippen LogP contribution >= 0.6 is 0 Å². The van der Waals surface area contributed by atoms with Crippen molar-refractivity contribution in [2.24, 2.45) is 0 Å². The maximum Gasteiger partial charge on any atom is 0.122 e. The number of benzene rings is 1. The molecule has 0 spiro atoms. The molecular weight excluding hydrogens is 254 g/mol. The summed E-state index contributed by atoms with van der Waals surface area (Å²) in [7, 11) is 0. The molecule has 1 N–H and O–H groups in total. The van der Waals surface area contributed by atoms with E-state index in [0.717, 1.165) is 30.7 Å². The molecule has 1 aromatic carbocycles. The molecule has 5 nitrogen and oxygen atoms in total. The van der Waals surface area contributed by atoms with Gasteiger partial charge in [-0.3, -0.25) is 0 Å². The average Bonchev–Trinajstić information content (AvgIpc) is 2.93. The van der Waals surface area contributed by atoms with Crippen LogP contribution in [0.3, 0.4) is 0 Å². The van der Waals surface area contributed by atoms with Gasteiger partial charge in [0.05, 0.1) is 18.5 Å². The summed E-state index contributed by atoms with van der Waals surface area (Å²) in [5.41, 5.74) is 1.50. The smallest absolute Gasteiger partial charge is 0.122 e. The molecule has 20 heavy (non-hydrogen) atoms. The fourth-order valence-electron chi connectivity index (χ4n) is 2.03. The standard InChI is InChI=1S/C15H21N3O2/c1-3-8-18-14(11-16-17-18)15(19)12-6-5-7-13(10-12)20-9-4-2/h5-7,10-11,15,19H,3-4,8-9H2,1-2H3. The normalized spacial score (nSPS) is 12.3. The molecule has 0 fully saturated rings. The van der Waals surface area contributed by atoms with Crippen molar-refractivity contribution in [3.8, 4) is 5.75 Å². The molecule has 1 aromatic heterocycles. The predicted molar refractivity (Wildman–Crippen MR) is 76.6 cm³/mol. The highest BCUT2D eigenvalue weighted by atomic mass is 16.5. The molecule has 2 aromatic rings. The topological polar surface area (TPSA) is 60.2 Å². The minimum atomic E-state index is -0.735. The average molecular weight is 275 g/mol. The molecule has 0 radical (unpaired) electrons. The lowest BCUT2D eigenvalue weighted by Crippen LogP contribution is -2.10. The largest absolute Gasteiger partial charge is 0.494 e. The third-order valence-corrected chi connectivity index (χ3v) is 3.01. The van der Waals surface area contributed by atoms with Gasteiger partial charge in [-0.05, 0) is 30.5 Å². The fraction of sp³-hybridized carbons (Fsp3) is 0.467. The predicted octanol–water partition coefficient (Wildman–Crippen LogP) is 2.56. The van der Waals surface area contributed by atoms with E-state index < -0.39 is 6.10 Å². The van der Waals surface area contributed by atoms with E-state index >= 15 is 0 Å². The molecule has 2 rings (SSSR count). The van der Waals surface area contributed by atoms with Crippen LogP contribution in [-0.4, -0.2) is 26.7 Å². The van der Waals surface area contributed by atoms with Crippen LogP contribution in [-0.2, 0) is 6.54 Å². The highest BCUT2D eigenvalue weighted by Crippen LogP contribution is 2.24. The zero-order chi connectivity index (χ0) is 14.4. The third kappa shape index (κ3) is 3.36. The maximum absolute atomic E-state index is 10.5. The van der Waals surface area contributed by atoms with Crippen LogP contribution in [0.1, 0.15) is 44.1 Å². The molecule has 0 bridgehead atoms. The zero-order valence-electron chi connectivity index (χ0n) is 12.0. The number of aromatic nitrogens is 3. The summed E-state index contributed by atoms with van der Waals surface area (Å²) < 4.78 is 7.33. The first-order valence-corrected chi connectivity index (χ1v) is 7.05. The van der Waals surface area contributed by atoms with Gasteiger partial charge in [-0.15, -0.1) is 5.10 Å². The molecule has 0 amide bonds. The summed E-state index contributed by atoms with van der Waals surface area (Å²) in [6.45, 7) is 5.55. The quantitative estimate of drug-likeness (QED) is 0.843. The summed E-state index contributed by atoms with van der Waals surface area (Å²) in [4.78, 5) is 0. The van der Waals surface area contributed by atoms with Gasteiger partial charge in [-0.2, -0.15) is 0 Å². The SMILES string of the molecule is CCCOc1cccc(C(O)c2cnnn2CCC)c1. The first-order chi connectivity index (χ1) is 9.76. The van der Waals surface area contributed by atoms with Crippen LogP contribution in [0.4, 0.5) is 0 Å². The number of aliphatic hydroxyl groups excluding tert-OH is 1. The van der Waals surface area contributed by atoms with Gasteiger partial charge < -0.3 is 9.84 Å². The van der Waals surface area contributed by atoms with E-state index in [1.54, 1.807) is 10.9 Å². The molecule has 1 heterocycles. The van der Waals surface area contributed by atoms with Gasteiger partial charge in [0.2, 0.25) is 0 Å². The number of hydrogen-bond donors (Lipinski definition) is 1. The minimum absolute atomic E-state index is 0.675. The lowest BCUT2D eigenvalue weighted by Gasteiger charge is -2.13. The van der Waals surface area contributed by atoms with E-state index in [9.17, 15) is 5.11 Å². The van der Waals surface area contributed by atoms with Gasteiger partial charge in [0.1, 0.15) is 11.9 Å². The maximum atomic E-state index is 10.5. The fourth-order valence-corrected chi connectivity index (χ4v) is 2.03. The Morgan fingerprint density at radius 2 is 2.15 bits per heavy atom. The van der Waals surface area contributed by atoms with Crippen LogP contribution in [0.5, 0.6) is 5.75 Å². The van der Waals surface area contributed by atoms with Crippen molar-refractivity contribution >= 4 is 0 Å². The number of aliphatic hydroxyl groups is 1. The third-order valence-electron chi connectivity index (χ3n) is 3.01. The highest BCUT2D eigenvalue weighted by molar-refractivity contribution is 5.33. The Morgan fingerprint density at radius 1 is 1.30 bits per heavy atom. The van der Waals surface area contributed by atoms with Crippen molar-refractivity contribution < 1.29 is 9.84 Å². The van der Waals surface area contributed by atoms with Crippen LogP contribution < -0.4 is 4.74 Å². The molecule has 0 saturated carbocycles. The lowest BCUT2D eigenvalue weighted by atomic mass is 10.1. The molecule has 0 saturated heterocycles. The van der Waals surface area contributed by atoms with Crippen LogP contribution in [0.2, 0.25) is 0 Å². The number of ether oxygens (including phenoxy) is 1. The van der Waals surface area contributed by atoms with Gasteiger partial charge in [0.15, 0.2) is 0 Å². The second-order valence-corrected chi connectivity index (χ2v) is 4.71. The minimum Gasteiger partial charge on any atom is -0.494 e. The van der Waals surface area contributed by atoms with Crippen molar-refractivity contribution in [3.63, 3.8) is 0 Å². The van der Waals surface area contributed by atoms with Gasteiger partial charge >= 0.3 is 0 Å². The number of nitrogens with zero attached hydrogens (tertiary/aromatic N) is 3. The molecule has 1 atom stereocenters. The van der Waals surface area contributed by atoms with E-state index in [0.29, 0.717) is 12.3 Å². The summed E-state index contributed by atoms with van der Waals surface area (Å²) >= 11 is 0. The van der Waals surface area contributed by atoms with Gasteiger partial charge in [-0.1, -0.05) is 31.2 Å². The van der Waals surface area contributed by atoms with Crippen molar-refractivity contribution in [2.45, 2.75) is 39.3 Å². The Hall–Kier alpha value is -1.88. The summed E-state index contributed by atoms with van der Waals surface area (Å²) in [5, 5.41) is 18.4. The van der Waals surface area contributed by atoms with Gasteiger partial charge in [0.25, 0.3) is 0 Å². The number of rotatable bonds is 7. The monoisotopic (exact) mass is 275 g/mol. The van der Waals surface area contributed by atoms with Crippen molar-refractivity contribution in [1.82, 2.24) is 15.0 Å². The Labute approximate surface area is 119 Å². The molecular formula is C15H21N3O2. The second-order valence-electron chi connectivity index (χ2n) is 4.71. The molecule has 0 aliphatic carbocycles. The molecule has 1 unspecified atom stereocenters. The van der Waals surface area contributed by atoms with Gasteiger partial charge in [0, 0.05) is 6.54 Å². The number of aryl methyl sites for hydroxylation is 1. The van der Waals surface area contributed by atoms with Gasteiger partial charge in [-0.25, -0.2) is 4.68 Å². The number of hydrogen-bond acceptors (Lipinski definition) is 4. The first-order valence-electron chi connectivity index (χ1n) is 7.05. The van der Waals surface area contributed by atoms with E-state index in [1.807, 2.05) is 24.3 Å². The summed E-state index contributed by atoms with van der Waals surface area (Å²) in [6.07, 6.45) is 2.78. The van der Waals surface area contributed by atoms with E-state index in [2.05, 4.69) is 24.2 Å². The molecule has 0 aliphatic heterocycles. The van der Waals surface area contributed by atoms with Crippen LogP contribution in [0.25, 0.3) is 0 Å². The second kappa shape index (κ2) is 7.05. The summed E-state index contributed by atoms with van der Waals surface area (Å²) in [6, 6.07) is 7.53. The van der Waals surface area contributed by atoms with Crippen LogP contribution in [0.15, 0.2) is 30.5 Å². The molecule has 0 aliphatic rings. The first kappa shape index (κ1) is 14.5. The van der Waals surface area contributed by atoms with E-state index in [1.165, 1.54) is 0 Å². The Morgan fingerprint density at radius 3 is 2.90 bits per heavy atom. The highest BCUT2D eigenvalue weighted by Gasteiger charge is 2.16. The summed E-state index contributed by atoms with van der Waals surface area (Å²) in [5.74, 6) is 0.776. The molecule has 108 valence electrons. The van der Waals surface area contributed by atoms with Crippen molar-refractivity contribution in [1.29, 1.82) is 0 Å².